The van der Waals surface area contributed by atoms with E-state index in [9.17, 15) is 43.2 Å². The maximum atomic E-state index is 13.1. The van der Waals surface area contributed by atoms with E-state index in [0.717, 1.165) is 96.3 Å². The number of aliphatic hydroxyl groups excluding tert-OH is 1. The molecule has 0 aliphatic heterocycles. The largest absolute Gasteiger partial charge is 0.472 e. The average molecular weight is 1540 g/mol. The van der Waals surface area contributed by atoms with E-state index >= 15 is 0 Å². The van der Waals surface area contributed by atoms with Crippen LogP contribution in [0.1, 0.15) is 471 Å². The highest BCUT2D eigenvalue weighted by molar-refractivity contribution is 7.47. The molecule has 624 valence electrons. The summed E-state index contributed by atoms with van der Waals surface area (Å²) in [7, 11) is -9.91. The highest BCUT2D eigenvalue weighted by atomic mass is 31.2. The molecule has 0 spiro atoms. The Hall–Kier alpha value is -1.94. The van der Waals surface area contributed by atoms with Gasteiger partial charge in [-0.15, -0.1) is 0 Å². The number of carbonyl (C=O) groups is 4. The summed E-state index contributed by atoms with van der Waals surface area (Å²) >= 11 is 0. The fourth-order valence-electron chi connectivity index (χ4n) is 13.5. The van der Waals surface area contributed by atoms with E-state index in [1.807, 2.05) is 0 Å². The summed E-state index contributed by atoms with van der Waals surface area (Å²) in [5.74, 6) is -2.11. The van der Waals surface area contributed by atoms with Gasteiger partial charge in [0.2, 0.25) is 0 Å². The Labute approximate surface area is 645 Å². The van der Waals surface area contributed by atoms with Crippen LogP contribution in [0.3, 0.4) is 0 Å². The maximum absolute atomic E-state index is 13.1. The first kappa shape index (κ1) is 103. The Morgan fingerprint density at radius 3 is 0.562 bits per heavy atom. The van der Waals surface area contributed by atoms with Gasteiger partial charge in [0.25, 0.3) is 0 Å². The Bertz CT molecular complexity index is 1980. The molecule has 2 unspecified atom stereocenters. The van der Waals surface area contributed by atoms with Crippen LogP contribution in [0.4, 0.5) is 0 Å². The molecule has 3 N–H and O–H groups in total. The highest BCUT2D eigenvalue weighted by Gasteiger charge is 2.30. The van der Waals surface area contributed by atoms with E-state index in [-0.39, 0.29) is 25.7 Å². The lowest BCUT2D eigenvalue weighted by Gasteiger charge is -2.21. The van der Waals surface area contributed by atoms with Crippen molar-refractivity contribution >= 4 is 39.5 Å². The van der Waals surface area contributed by atoms with Crippen LogP contribution in [0.15, 0.2) is 0 Å². The van der Waals surface area contributed by atoms with Crippen molar-refractivity contribution in [2.45, 2.75) is 489 Å². The van der Waals surface area contributed by atoms with Gasteiger partial charge in [-0.2, -0.15) is 0 Å². The van der Waals surface area contributed by atoms with E-state index in [2.05, 4.69) is 27.7 Å². The number of rotatable bonds is 87. The van der Waals surface area contributed by atoms with Crippen LogP contribution < -0.4 is 0 Å². The molecule has 0 radical (unpaired) electrons. The van der Waals surface area contributed by atoms with Crippen molar-refractivity contribution in [3.63, 3.8) is 0 Å². The summed E-state index contributed by atoms with van der Waals surface area (Å²) in [5, 5.41) is 10.6. The number of hydrogen-bond donors (Lipinski definition) is 3. The van der Waals surface area contributed by atoms with Gasteiger partial charge in [-0.3, -0.25) is 37.3 Å². The van der Waals surface area contributed by atoms with Crippen LogP contribution >= 0.6 is 15.6 Å². The SMILES string of the molecule is CCCCCCCCCCCCCCCCCCCCCCCC(=O)O[C@H](COC(=O)CCCCCCCCCCCCCCCCCCCCCC)COP(=O)(O)OC[C@@H](O)COP(=O)(O)OC[C@@H](COC(=O)CCCCCCC)OC(=O)CCCCCCCCCCCCCCCCCCCCC. The van der Waals surface area contributed by atoms with Gasteiger partial charge in [-0.1, -0.05) is 419 Å². The molecule has 0 aliphatic carbocycles. The number of aliphatic hydroxyl groups is 1. The molecule has 0 rings (SSSR count). The summed E-state index contributed by atoms with van der Waals surface area (Å²) < 4.78 is 68.6. The van der Waals surface area contributed by atoms with Crippen molar-refractivity contribution in [1.29, 1.82) is 0 Å². The lowest BCUT2D eigenvalue weighted by atomic mass is 10.0. The molecule has 17 nitrogen and oxygen atoms in total. The van der Waals surface area contributed by atoms with Crippen molar-refractivity contribution in [1.82, 2.24) is 0 Å². The Morgan fingerprint density at radius 2 is 0.381 bits per heavy atom. The summed E-state index contributed by atoms with van der Waals surface area (Å²) in [6.07, 6.45) is 75.7. The molecule has 0 aromatic heterocycles. The Balaban J connectivity index is 5.09. The zero-order valence-electron chi connectivity index (χ0n) is 68.7. The van der Waals surface area contributed by atoms with Gasteiger partial charge in [-0.05, 0) is 25.7 Å². The van der Waals surface area contributed by atoms with E-state index in [4.69, 9.17) is 37.0 Å². The molecule has 0 amide bonds. The first-order valence-electron chi connectivity index (χ1n) is 44.8. The monoisotopic (exact) mass is 1540 g/mol. The number of esters is 4. The molecular weight excluding hydrogens is 1370 g/mol. The van der Waals surface area contributed by atoms with Crippen LogP contribution in [0.2, 0.25) is 0 Å². The Morgan fingerprint density at radius 1 is 0.229 bits per heavy atom. The molecule has 0 saturated heterocycles. The zero-order valence-corrected chi connectivity index (χ0v) is 70.5. The third kappa shape index (κ3) is 79.9. The van der Waals surface area contributed by atoms with Crippen molar-refractivity contribution < 1.29 is 80.2 Å². The summed E-state index contributed by atoms with van der Waals surface area (Å²) in [6.45, 7) is 4.96. The summed E-state index contributed by atoms with van der Waals surface area (Å²) in [5.41, 5.74) is 0. The maximum Gasteiger partial charge on any atom is 0.472 e. The van der Waals surface area contributed by atoms with Gasteiger partial charge >= 0.3 is 39.5 Å². The van der Waals surface area contributed by atoms with Crippen LogP contribution in [0.5, 0.6) is 0 Å². The summed E-state index contributed by atoms with van der Waals surface area (Å²) in [6, 6.07) is 0. The second kappa shape index (κ2) is 80.1. The van der Waals surface area contributed by atoms with Gasteiger partial charge in [-0.25, -0.2) is 9.13 Å². The quantitative estimate of drug-likeness (QED) is 0.0222. The highest BCUT2D eigenvalue weighted by Crippen LogP contribution is 2.45. The van der Waals surface area contributed by atoms with Gasteiger partial charge in [0, 0.05) is 25.7 Å². The second-order valence-electron chi connectivity index (χ2n) is 30.9. The van der Waals surface area contributed by atoms with E-state index in [1.165, 1.54) is 295 Å². The van der Waals surface area contributed by atoms with E-state index < -0.39 is 97.5 Å². The number of carbonyl (C=O) groups excluding carboxylic acids is 4. The van der Waals surface area contributed by atoms with Gasteiger partial charge in [0.05, 0.1) is 26.4 Å². The first-order chi connectivity index (χ1) is 51.2. The third-order valence-electron chi connectivity index (χ3n) is 20.4. The average Bonchev–Trinajstić information content (AvgIpc) is 0.924. The molecule has 0 aliphatic rings. The number of phosphoric acid groups is 2. The second-order valence-corrected chi connectivity index (χ2v) is 33.8. The lowest BCUT2D eigenvalue weighted by molar-refractivity contribution is -0.161. The lowest BCUT2D eigenvalue weighted by Crippen LogP contribution is -2.30. The minimum absolute atomic E-state index is 0.108. The fraction of sp³-hybridized carbons (Fsp3) is 0.953. The van der Waals surface area contributed by atoms with Crippen LogP contribution in [0.25, 0.3) is 0 Å². The van der Waals surface area contributed by atoms with Crippen LogP contribution in [-0.4, -0.2) is 96.7 Å². The van der Waals surface area contributed by atoms with Gasteiger partial charge in [0.1, 0.15) is 19.3 Å². The molecule has 5 atom stereocenters. The normalized spacial score (nSPS) is 13.7. The summed E-state index contributed by atoms with van der Waals surface area (Å²) in [4.78, 5) is 72.9. The predicted octanol–water partition coefficient (Wildman–Crippen LogP) is 26.5. The van der Waals surface area contributed by atoms with Crippen molar-refractivity contribution in [2.75, 3.05) is 39.6 Å². The molecule has 0 bridgehead atoms. The minimum atomic E-state index is -4.96. The molecule has 105 heavy (non-hydrogen) atoms. The Kier molecular flexibility index (Phi) is 78.6. The van der Waals surface area contributed by atoms with Gasteiger partial charge < -0.3 is 33.8 Å². The topological polar surface area (TPSA) is 237 Å². The first-order valence-corrected chi connectivity index (χ1v) is 47.8. The molecular formula is C86H168O17P2. The molecule has 0 saturated carbocycles. The molecule has 0 aromatic carbocycles. The molecule has 0 fully saturated rings. The van der Waals surface area contributed by atoms with Crippen molar-refractivity contribution in [3.8, 4) is 0 Å². The van der Waals surface area contributed by atoms with Crippen LogP contribution in [-0.2, 0) is 65.4 Å². The zero-order chi connectivity index (χ0) is 76.7. The molecule has 0 heterocycles. The number of hydrogen-bond acceptors (Lipinski definition) is 15. The standard InChI is InChI=1S/C86H168O17P2/c1-5-9-13-17-20-23-26-29-32-35-38-40-43-46-49-52-55-58-61-65-69-73-86(91)103-82(77-97-84(89)71-67-63-59-56-53-50-47-44-42-39-36-33-30-27-24-21-18-14-10-6-2)79-101-105(94,95)99-75-80(87)74-98-104(92,93)100-78-81(76-96-83(88)70-66-62-16-12-8-4)102-85(90)72-68-64-60-57-54-51-48-45-41-37-34-31-28-25-22-19-15-11-7-3/h80-82,87H,5-79H2,1-4H3,(H,92,93)(H,94,95)/t80-,81+,82+/m0/s1. The fourth-order valence-corrected chi connectivity index (χ4v) is 15.1. The number of phosphoric ester groups is 2. The smallest absolute Gasteiger partial charge is 0.462 e. The molecule has 19 heteroatoms. The molecule has 0 aromatic rings. The third-order valence-corrected chi connectivity index (χ3v) is 22.3. The van der Waals surface area contributed by atoms with Gasteiger partial charge in [0.15, 0.2) is 12.2 Å². The van der Waals surface area contributed by atoms with Crippen LogP contribution in [0, 0.1) is 0 Å². The number of ether oxygens (including phenoxy) is 4. The van der Waals surface area contributed by atoms with Crippen molar-refractivity contribution in [3.05, 3.63) is 0 Å². The number of unbranched alkanes of at least 4 members (excludes halogenated alkanes) is 61. The van der Waals surface area contributed by atoms with E-state index in [0.29, 0.717) is 25.7 Å². The van der Waals surface area contributed by atoms with E-state index in [1.54, 1.807) is 0 Å². The minimum Gasteiger partial charge on any atom is -0.462 e. The van der Waals surface area contributed by atoms with Crippen molar-refractivity contribution in [2.24, 2.45) is 0 Å². The predicted molar refractivity (Wildman–Crippen MR) is 432 cm³/mol.